The molecule has 0 bridgehead atoms. The molecule has 0 unspecified atom stereocenters. The fourth-order valence-corrected chi connectivity index (χ4v) is 5.18. The first kappa shape index (κ1) is 29.6. The number of cyclic esters (lactones) is 1. The molecule has 2 aliphatic rings. The Kier molecular flexibility index (Phi) is 8.56. The molecule has 0 aliphatic carbocycles. The molecule has 0 aromatic heterocycles. The summed E-state index contributed by atoms with van der Waals surface area (Å²) in [5, 5.41) is 0.588. The molecule has 42 heavy (non-hydrogen) atoms. The highest BCUT2D eigenvalue weighted by Crippen LogP contribution is 2.39. The van der Waals surface area contributed by atoms with Gasteiger partial charge in [0.15, 0.2) is 0 Å². The Morgan fingerprint density at radius 3 is 2.07 bits per heavy atom. The number of nitrogens with zero attached hydrogens (tertiary/aromatic N) is 3. The van der Waals surface area contributed by atoms with Crippen molar-refractivity contribution in [2.24, 2.45) is 0 Å². The summed E-state index contributed by atoms with van der Waals surface area (Å²) in [7, 11) is 0. The lowest BCUT2D eigenvalue weighted by molar-refractivity contribution is 0.0103. The number of rotatable bonds is 6. The normalized spacial score (nSPS) is 19.5. The van der Waals surface area contributed by atoms with Crippen LogP contribution in [0.4, 0.5) is 24.1 Å². The van der Waals surface area contributed by atoms with Crippen molar-refractivity contribution >= 4 is 29.5 Å². The molecule has 2 aliphatic heterocycles. The van der Waals surface area contributed by atoms with E-state index in [-0.39, 0.29) is 11.7 Å². The Bertz CT molecular complexity index is 1400. The van der Waals surface area contributed by atoms with E-state index >= 15 is 0 Å². The van der Waals surface area contributed by atoms with Crippen LogP contribution >= 0.6 is 11.6 Å². The third kappa shape index (κ3) is 7.11. The second kappa shape index (κ2) is 12.1. The first-order chi connectivity index (χ1) is 19.9. The maximum atomic E-state index is 14.3. The molecule has 0 N–H and O–H groups in total. The maximum absolute atomic E-state index is 14.3. The van der Waals surface area contributed by atoms with Gasteiger partial charge in [-0.1, -0.05) is 11.6 Å². The highest BCUT2D eigenvalue weighted by molar-refractivity contribution is 6.30. The molecule has 0 radical (unpaired) electrons. The van der Waals surface area contributed by atoms with Crippen LogP contribution in [0.1, 0.15) is 32.4 Å². The van der Waals surface area contributed by atoms with Crippen molar-refractivity contribution in [3.63, 3.8) is 0 Å². The SMILES string of the molecule is CC(C)(C)OC(=O)N1CCN(C[C@@H]2OC(=O)N(c3ccc(Oc4ccc(Cl)cc4)cc3)[C@H]2c2cc(F)cc(F)c2)CC1. The molecule has 0 spiro atoms. The number of carbonyl (C=O) groups is 2. The summed E-state index contributed by atoms with van der Waals surface area (Å²) in [5.74, 6) is -0.379. The smallest absolute Gasteiger partial charge is 0.415 e. The number of piperazine rings is 1. The van der Waals surface area contributed by atoms with Crippen LogP contribution in [0.25, 0.3) is 0 Å². The number of halogens is 3. The molecule has 5 rings (SSSR count). The van der Waals surface area contributed by atoms with Crippen LogP contribution in [-0.2, 0) is 9.47 Å². The van der Waals surface area contributed by atoms with Crippen LogP contribution in [0.3, 0.4) is 0 Å². The maximum Gasteiger partial charge on any atom is 0.415 e. The van der Waals surface area contributed by atoms with Crippen molar-refractivity contribution in [1.82, 2.24) is 9.80 Å². The van der Waals surface area contributed by atoms with E-state index in [1.165, 1.54) is 17.0 Å². The van der Waals surface area contributed by atoms with Gasteiger partial charge in [-0.25, -0.2) is 18.4 Å². The number of hydrogen-bond donors (Lipinski definition) is 0. The average Bonchev–Trinajstić information content (AvgIpc) is 3.24. The molecular formula is C31H32ClF2N3O5. The predicted octanol–water partition coefficient (Wildman–Crippen LogP) is 7.03. The minimum atomic E-state index is -0.797. The monoisotopic (exact) mass is 599 g/mol. The highest BCUT2D eigenvalue weighted by Gasteiger charge is 2.45. The second-order valence-electron chi connectivity index (χ2n) is 11.3. The Hall–Kier alpha value is -3.89. The van der Waals surface area contributed by atoms with Crippen LogP contribution < -0.4 is 9.64 Å². The number of amides is 2. The molecule has 2 heterocycles. The Labute approximate surface area is 248 Å². The molecular weight excluding hydrogens is 568 g/mol. The molecule has 8 nitrogen and oxygen atoms in total. The van der Waals surface area contributed by atoms with Gasteiger partial charge >= 0.3 is 12.2 Å². The van der Waals surface area contributed by atoms with E-state index in [0.717, 1.165) is 6.07 Å². The van der Waals surface area contributed by atoms with Gasteiger partial charge in [0.05, 0.1) is 0 Å². The summed E-state index contributed by atoms with van der Waals surface area (Å²) in [6, 6.07) is 16.1. The largest absolute Gasteiger partial charge is 0.457 e. The van der Waals surface area contributed by atoms with Crippen LogP contribution in [0.15, 0.2) is 66.7 Å². The predicted molar refractivity (Wildman–Crippen MR) is 154 cm³/mol. The van der Waals surface area contributed by atoms with Gasteiger partial charge in [0, 0.05) is 49.5 Å². The lowest BCUT2D eigenvalue weighted by Crippen LogP contribution is -2.52. The molecule has 3 aromatic carbocycles. The number of hydrogen-bond acceptors (Lipinski definition) is 6. The van der Waals surface area contributed by atoms with E-state index in [1.54, 1.807) is 53.4 Å². The minimum Gasteiger partial charge on any atom is -0.457 e. The zero-order valence-corrected chi connectivity index (χ0v) is 24.3. The molecule has 2 saturated heterocycles. The van der Waals surface area contributed by atoms with Gasteiger partial charge in [0.25, 0.3) is 0 Å². The molecule has 11 heteroatoms. The van der Waals surface area contributed by atoms with Crippen molar-refractivity contribution in [2.45, 2.75) is 38.5 Å². The van der Waals surface area contributed by atoms with Crippen LogP contribution in [0, 0.1) is 11.6 Å². The van der Waals surface area contributed by atoms with Crippen molar-refractivity contribution in [2.75, 3.05) is 37.6 Å². The zero-order valence-electron chi connectivity index (χ0n) is 23.6. The topological polar surface area (TPSA) is 71.6 Å². The van der Waals surface area contributed by atoms with Crippen molar-refractivity contribution in [1.29, 1.82) is 0 Å². The minimum absolute atomic E-state index is 0.275. The summed E-state index contributed by atoms with van der Waals surface area (Å²) >= 11 is 5.94. The molecule has 3 aromatic rings. The Morgan fingerprint density at radius 2 is 1.50 bits per heavy atom. The Balaban J connectivity index is 1.34. The van der Waals surface area contributed by atoms with E-state index in [0.29, 0.717) is 54.9 Å². The van der Waals surface area contributed by atoms with Crippen molar-refractivity contribution < 1.29 is 32.6 Å². The molecule has 2 atom stereocenters. The fraction of sp³-hybridized carbons (Fsp3) is 0.355. The summed E-state index contributed by atoms with van der Waals surface area (Å²) in [5.41, 5.74) is 0.163. The fourth-order valence-electron chi connectivity index (χ4n) is 5.05. The zero-order chi connectivity index (χ0) is 30.0. The number of carbonyl (C=O) groups excluding carboxylic acids is 2. The van der Waals surface area contributed by atoms with E-state index in [4.69, 9.17) is 25.8 Å². The summed E-state index contributed by atoms with van der Waals surface area (Å²) in [6.45, 7) is 7.68. The first-order valence-corrected chi connectivity index (χ1v) is 14.0. The third-order valence-corrected chi connectivity index (χ3v) is 7.18. The summed E-state index contributed by atoms with van der Waals surface area (Å²) < 4.78 is 45.8. The van der Waals surface area contributed by atoms with Gasteiger partial charge in [-0.2, -0.15) is 0 Å². The molecule has 2 fully saturated rings. The average molecular weight is 600 g/mol. The lowest BCUT2D eigenvalue weighted by atomic mass is 9.99. The number of benzene rings is 3. The first-order valence-electron chi connectivity index (χ1n) is 13.6. The Morgan fingerprint density at radius 1 is 0.929 bits per heavy atom. The number of ether oxygens (including phenoxy) is 3. The highest BCUT2D eigenvalue weighted by atomic mass is 35.5. The van der Waals surface area contributed by atoms with Crippen molar-refractivity contribution in [3.05, 3.63) is 89.0 Å². The quantitative estimate of drug-likeness (QED) is 0.303. The second-order valence-corrected chi connectivity index (χ2v) is 11.7. The van der Waals surface area contributed by atoms with E-state index in [9.17, 15) is 18.4 Å². The van der Waals surface area contributed by atoms with Gasteiger partial charge in [0.2, 0.25) is 0 Å². The molecule has 2 amide bonds. The van der Waals surface area contributed by atoms with Crippen molar-refractivity contribution in [3.8, 4) is 11.5 Å². The van der Waals surface area contributed by atoms with Gasteiger partial charge < -0.3 is 19.1 Å². The summed E-state index contributed by atoms with van der Waals surface area (Å²) in [6.07, 6.45) is -1.73. The molecule has 222 valence electrons. The third-order valence-electron chi connectivity index (χ3n) is 6.93. The van der Waals surface area contributed by atoms with Crippen LogP contribution in [0.2, 0.25) is 5.02 Å². The van der Waals surface area contributed by atoms with Crippen LogP contribution in [-0.4, -0.2) is 66.4 Å². The standard InChI is InChI=1S/C31H32ClF2N3O5/c1-31(2,3)42-29(38)36-14-12-35(13-15-36)19-27-28(20-16-22(33)18-23(34)17-20)37(30(39)41-27)24-6-10-26(11-7-24)40-25-8-4-21(32)5-9-25/h4-11,16-18,27-28H,12-15,19H2,1-3H3/t27-,28-/m0/s1. The van der Waals surface area contributed by atoms with E-state index < -0.39 is 35.5 Å². The summed E-state index contributed by atoms with van der Waals surface area (Å²) in [4.78, 5) is 30.8. The van der Waals surface area contributed by atoms with Gasteiger partial charge in [-0.05, 0) is 87.0 Å². The van der Waals surface area contributed by atoms with Crippen LogP contribution in [0.5, 0.6) is 11.5 Å². The lowest BCUT2D eigenvalue weighted by Gasteiger charge is -2.37. The van der Waals surface area contributed by atoms with E-state index in [1.807, 2.05) is 20.8 Å². The van der Waals surface area contributed by atoms with Gasteiger partial charge in [0.1, 0.15) is 40.9 Å². The van der Waals surface area contributed by atoms with Gasteiger partial charge in [-0.3, -0.25) is 9.80 Å². The molecule has 0 saturated carbocycles. The van der Waals surface area contributed by atoms with Gasteiger partial charge in [-0.15, -0.1) is 0 Å². The number of anilines is 1. The van der Waals surface area contributed by atoms with E-state index in [2.05, 4.69) is 4.90 Å².